The van der Waals surface area contributed by atoms with Crippen LogP contribution in [0.1, 0.15) is 5.56 Å². The fraction of sp³-hybridized carbons (Fsp3) is 0.143. The minimum absolute atomic E-state index is 0.610. The van der Waals surface area contributed by atoms with E-state index in [2.05, 4.69) is 27.1 Å². The molecule has 2 heterocycles. The maximum atomic E-state index is 5.56. The lowest BCUT2D eigenvalue weighted by Gasteiger charge is -2.03. The minimum Gasteiger partial charge on any atom is -0.477 e. The quantitative estimate of drug-likeness (QED) is 0.761. The summed E-state index contributed by atoms with van der Waals surface area (Å²) in [5.74, 6) is 0.616. The predicted molar refractivity (Wildman–Crippen MR) is 69.5 cm³/mol. The van der Waals surface area contributed by atoms with E-state index in [0.29, 0.717) is 12.5 Å². The molecule has 3 rings (SSSR count). The van der Waals surface area contributed by atoms with Gasteiger partial charge in [-0.15, -0.1) is 0 Å². The number of aromatic nitrogens is 3. The van der Waals surface area contributed by atoms with E-state index in [0.717, 1.165) is 11.9 Å². The van der Waals surface area contributed by atoms with Crippen LogP contribution in [0.25, 0.3) is 10.9 Å². The van der Waals surface area contributed by atoms with Crippen LogP contribution in [0.15, 0.2) is 49.1 Å². The van der Waals surface area contributed by atoms with Crippen molar-refractivity contribution >= 4 is 10.9 Å². The molecule has 0 unspecified atom stereocenters. The molecule has 18 heavy (non-hydrogen) atoms. The van der Waals surface area contributed by atoms with Crippen LogP contribution in [0.3, 0.4) is 0 Å². The van der Waals surface area contributed by atoms with Gasteiger partial charge in [0.25, 0.3) is 0 Å². The van der Waals surface area contributed by atoms with Gasteiger partial charge >= 0.3 is 0 Å². The molecule has 2 aromatic heterocycles. The molecule has 0 aliphatic heterocycles. The summed E-state index contributed by atoms with van der Waals surface area (Å²) in [6.07, 6.45) is 6.05. The SMILES string of the molecule is c1ccc2c(CCOc3ccncn3)c[nH]c2c1. The molecular formula is C14H13N3O. The molecule has 1 aromatic carbocycles. The molecule has 0 bridgehead atoms. The highest BCUT2D eigenvalue weighted by Crippen LogP contribution is 2.18. The van der Waals surface area contributed by atoms with Crippen LogP contribution >= 0.6 is 0 Å². The topological polar surface area (TPSA) is 50.8 Å². The molecule has 0 amide bonds. The molecule has 0 saturated heterocycles. The van der Waals surface area contributed by atoms with E-state index in [1.807, 2.05) is 18.3 Å². The molecule has 90 valence electrons. The molecule has 4 nitrogen and oxygen atoms in total. The number of H-pyrrole nitrogens is 1. The van der Waals surface area contributed by atoms with Crippen LogP contribution in [0, 0.1) is 0 Å². The van der Waals surface area contributed by atoms with Crippen LogP contribution in [0.2, 0.25) is 0 Å². The first-order valence-electron chi connectivity index (χ1n) is 5.87. The van der Waals surface area contributed by atoms with E-state index in [9.17, 15) is 0 Å². The smallest absolute Gasteiger partial charge is 0.216 e. The molecule has 0 spiro atoms. The van der Waals surface area contributed by atoms with E-state index in [-0.39, 0.29) is 0 Å². The van der Waals surface area contributed by atoms with Crippen molar-refractivity contribution in [1.82, 2.24) is 15.0 Å². The monoisotopic (exact) mass is 239 g/mol. The van der Waals surface area contributed by atoms with Gasteiger partial charge in [0.1, 0.15) is 6.33 Å². The lowest BCUT2D eigenvalue weighted by molar-refractivity contribution is 0.309. The van der Waals surface area contributed by atoms with Crippen LogP contribution in [0.5, 0.6) is 5.88 Å². The number of aromatic amines is 1. The highest BCUT2D eigenvalue weighted by atomic mass is 16.5. The van der Waals surface area contributed by atoms with Crippen LogP contribution < -0.4 is 4.74 Å². The van der Waals surface area contributed by atoms with Gasteiger partial charge in [0, 0.05) is 35.8 Å². The number of nitrogens with zero attached hydrogens (tertiary/aromatic N) is 2. The zero-order valence-corrected chi connectivity index (χ0v) is 9.84. The summed E-state index contributed by atoms with van der Waals surface area (Å²) in [4.78, 5) is 11.1. The Morgan fingerprint density at radius 1 is 1.17 bits per heavy atom. The Morgan fingerprint density at radius 2 is 2.11 bits per heavy atom. The first kappa shape index (κ1) is 10.8. The van der Waals surface area contributed by atoms with E-state index in [1.165, 1.54) is 17.3 Å². The van der Waals surface area contributed by atoms with Crippen molar-refractivity contribution in [2.24, 2.45) is 0 Å². The maximum absolute atomic E-state index is 5.56. The van der Waals surface area contributed by atoms with Crippen LogP contribution in [-0.4, -0.2) is 21.6 Å². The zero-order chi connectivity index (χ0) is 12.2. The van der Waals surface area contributed by atoms with Crippen molar-refractivity contribution in [3.05, 3.63) is 54.6 Å². The third kappa shape index (κ3) is 2.18. The highest BCUT2D eigenvalue weighted by molar-refractivity contribution is 5.82. The average Bonchev–Trinajstić information content (AvgIpc) is 2.84. The molecule has 1 N–H and O–H groups in total. The van der Waals surface area contributed by atoms with Gasteiger partial charge in [-0.25, -0.2) is 9.97 Å². The van der Waals surface area contributed by atoms with Crippen LogP contribution in [0.4, 0.5) is 0 Å². The van der Waals surface area contributed by atoms with E-state index in [4.69, 9.17) is 4.74 Å². The fourth-order valence-corrected chi connectivity index (χ4v) is 1.97. The highest BCUT2D eigenvalue weighted by Gasteiger charge is 2.03. The summed E-state index contributed by atoms with van der Waals surface area (Å²) < 4.78 is 5.56. The van der Waals surface area contributed by atoms with E-state index in [1.54, 1.807) is 12.3 Å². The van der Waals surface area contributed by atoms with Crippen LogP contribution in [-0.2, 0) is 6.42 Å². The number of benzene rings is 1. The number of ether oxygens (including phenoxy) is 1. The van der Waals surface area contributed by atoms with Crippen molar-refractivity contribution in [2.75, 3.05) is 6.61 Å². The van der Waals surface area contributed by atoms with Gasteiger partial charge in [-0.1, -0.05) is 18.2 Å². The average molecular weight is 239 g/mol. The summed E-state index contributed by atoms with van der Waals surface area (Å²) in [6.45, 7) is 0.610. The van der Waals surface area contributed by atoms with E-state index < -0.39 is 0 Å². The Labute approximate surface area is 105 Å². The van der Waals surface area contributed by atoms with Gasteiger partial charge in [-0.3, -0.25) is 0 Å². The summed E-state index contributed by atoms with van der Waals surface area (Å²) in [5.41, 5.74) is 2.43. The first-order valence-corrected chi connectivity index (χ1v) is 5.87. The summed E-state index contributed by atoms with van der Waals surface area (Å²) in [6, 6.07) is 10.0. The van der Waals surface area contributed by atoms with Crippen molar-refractivity contribution in [2.45, 2.75) is 6.42 Å². The second-order valence-electron chi connectivity index (χ2n) is 4.01. The standard InChI is InChI=1S/C14H13N3O/c1-2-4-13-12(3-1)11(9-16-13)6-8-18-14-5-7-15-10-17-14/h1-5,7,9-10,16H,6,8H2. The molecule has 3 aromatic rings. The van der Waals surface area contributed by atoms with Gasteiger partial charge in [-0.05, 0) is 11.6 Å². The van der Waals surface area contributed by atoms with Crippen molar-refractivity contribution in [1.29, 1.82) is 0 Å². The Balaban J connectivity index is 1.67. The number of nitrogens with one attached hydrogen (secondary N) is 1. The van der Waals surface area contributed by atoms with E-state index >= 15 is 0 Å². The molecule has 0 atom stereocenters. The van der Waals surface area contributed by atoms with Gasteiger partial charge < -0.3 is 9.72 Å². The minimum atomic E-state index is 0.610. The number of fused-ring (bicyclic) bond motifs is 1. The second-order valence-corrected chi connectivity index (χ2v) is 4.01. The summed E-state index contributed by atoms with van der Waals surface area (Å²) in [7, 11) is 0. The number of rotatable bonds is 4. The van der Waals surface area contributed by atoms with Crippen molar-refractivity contribution < 1.29 is 4.74 Å². The fourth-order valence-electron chi connectivity index (χ4n) is 1.97. The van der Waals surface area contributed by atoms with Crippen molar-refractivity contribution in [3.8, 4) is 5.88 Å². The van der Waals surface area contributed by atoms with Gasteiger partial charge in [0.05, 0.1) is 6.61 Å². The molecular weight excluding hydrogens is 226 g/mol. The Kier molecular flexibility index (Phi) is 2.92. The van der Waals surface area contributed by atoms with Gasteiger partial charge in [0.2, 0.25) is 5.88 Å². The zero-order valence-electron chi connectivity index (χ0n) is 9.84. The number of hydrogen-bond donors (Lipinski definition) is 1. The lowest BCUT2D eigenvalue weighted by Crippen LogP contribution is -2.02. The molecule has 4 heteroatoms. The molecule has 0 fully saturated rings. The summed E-state index contributed by atoms with van der Waals surface area (Å²) >= 11 is 0. The second kappa shape index (κ2) is 4.87. The van der Waals surface area contributed by atoms with Gasteiger partial charge in [-0.2, -0.15) is 0 Å². The third-order valence-corrected chi connectivity index (χ3v) is 2.85. The Hall–Kier alpha value is -2.36. The number of para-hydroxylation sites is 1. The largest absolute Gasteiger partial charge is 0.477 e. The predicted octanol–water partition coefficient (Wildman–Crippen LogP) is 2.58. The maximum Gasteiger partial charge on any atom is 0.216 e. The lowest BCUT2D eigenvalue weighted by atomic mass is 10.1. The number of hydrogen-bond acceptors (Lipinski definition) is 3. The molecule has 0 radical (unpaired) electrons. The third-order valence-electron chi connectivity index (χ3n) is 2.85. The summed E-state index contributed by atoms with van der Waals surface area (Å²) in [5, 5.41) is 1.25. The normalized spacial score (nSPS) is 10.7. The molecule has 0 aliphatic carbocycles. The Morgan fingerprint density at radius 3 is 3.00 bits per heavy atom. The van der Waals surface area contributed by atoms with Gasteiger partial charge in [0.15, 0.2) is 0 Å². The Bertz CT molecular complexity index is 634. The van der Waals surface area contributed by atoms with Crippen molar-refractivity contribution in [3.63, 3.8) is 0 Å². The first-order chi connectivity index (χ1) is 8.93. The molecule has 0 saturated carbocycles. The molecule has 0 aliphatic rings.